The van der Waals surface area contributed by atoms with E-state index >= 15 is 0 Å². The summed E-state index contributed by atoms with van der Waals surface area (Å²) < 4.78 is 71.2. The molecule has 26 heavy (non-hydrogen) atoms. The van der Waals surface area contributed by atoms with Crippen LogP contribution in [-0.4, -0.2) is 55.1 Å². The van der Waals surface area contributed by atoms with Gasteiger partial charge in [-0.1, -0.05) is 0 Å². The molecule has 2 aromatic rings. The highest BCUT2D eigenvalue weighted by Gasteiger charge is 2.38. The molecule has 0 saturated heterocycles. The van der Waals surface area contributed by atoms with Crippen LogP contribution in [0.3, 0.4) is 0 Å². The van der Waals surface area contributed by atoms with Crippen molar-refractivity contribution in [3.05, 3.63) is 24.0 Å². The van der Waals surface area contributed by atoms with Crippen molar-refractivity contribution in [2.24, 2.45) is 0 Å². The third-order valence-electron chi connectivity index (χ3n) is 2.21. The maximum atomic E-state index is 11.9. The number of aromatic nitrogens is 4. The molecule has 0 amide bonds. The molecule has 9 nitrogen and oxygen atoms in total. The lowest BCUT2D eigenvalue weighted by atomic mass is 10.2. The first-order valence-corrected chi connectivity index (χ1v) is 5.97. The Labute approximate surface area is 138 Å². The van der Waals surface area contributed by atoms with E-state index in [1.807, 2.05) is 0 Å². The number of ether oxygens (including phenoxy) is 1. The molecule has 2 heterocycles. The number of pyridine rings is 1. The number of carboxylic acid groups (broad SMARTS) is 2. The first kappa shape index (κ1) is 20.7. The Morgan fingerprint density at radius 1 is 1.04 bits per heavy atom. The van der Waals surface area contributed by atoms with E-state index in [4.69, 9.17) is 15.0 Å². The van der Waals surface area contributed by atoms with Crippen LogP contribution in [0.1, 0.15) is 10.5 Å². The minimum Gasteiger partial charge on any atom is -0.476 e. The summed E-state index contributed by atoms with van der Waals surface area (Å²) in [6.07, 6.45) is -9.09. The number of hydrogen-bond donors (Lipinski definition) is 3. The summed E-state index contributed by atoms with van der Waals surface area (Å²) in [5.74, 6) is -4.61. The van der Waals surface area contributed by atoms with Crippen molar-refractivity contribution >= 4 is 11.9 Å². The fourth-order valence-electron chi connectivity index (χ4n) is 1.27. The number of rotatable bonds is 3. The second-order valence-corrected chi connectivity index (χ2v) is 4.06. The molecule has 0 aliphatic carbocycles. The molecule has 0 aliphatic heterocycles. The fourth-order valence-corrected chi connectivity index (χ4v) is 1.27. The van der Waals surface area contributed by atoms with Gasteiger partial charge in [0.2, 0.25) is 0 Å². The van der Waals surface area contributed by atoms with Gasteiger partial charge in [0.25, 0.3) is 0 Å². The first-order chi connectivity index (χ1) is 11.8. The van der Waals surface area contributed by atoms with Gasteiger partial charge in [-0.05, 0) is 12.1 Å². The highest BCUT2D eigenvalue weighted by Crippen LogP contribution is 2.24. The molecule has 0 radical (unpaired) electrons. The van der Waals surface area contributed by atoms with Gasteiger partial charge in [0.1, 0.15) is 11.4 Å². The van der Waals surface area contributed by atoms with Gasteiger partial charge in [-0.3, -0.25) is 4.98 Å². The van der Waals surface area contributed by atoms with Crippen LogP contribution in [0.15, 0.2) is 18.3 Å². The number of nitrogens with zero attached hydrogens (tertiary/aromatic N) is 3. The molecule has 0 bridgehead atoms. The third-order valence-corrected chi connectivity index (χ3v) is 2.21. The summed E-state index contributed by atoms with van der Waals surface area (Å²) >= 11 is 0. The van der Waals surface area contributed by atoms with Crippen molar-refractivity contribution in [2.45, 2.75) is 12.5 Å². The molecule has 0 spiro atoms. The van der Waals surface area contributed by atoms with Crippen molar-refractivity contribution in [3.8, 4) is 17.1 Å². The Bertz CT molecular complexity index is 771. The molecule has 3 N–H and O–H groups in total. The van der Waals surface area contributed by atoms with E-state index in [1.54, 1.807) is 0 Å². The normalized spacial score (nSPS) is 11.3. The van der Waals surface area contributed by atoms with Crippen LogP contribution in [0.5, 0.6) is 5.75 Å². The van der Waals surface area contributed by atoms with Gasteiger partial charge in [0, 0.05) is 0 Å². The van der Waals surface area contributed by atoms with Gasteiger partial charge in [0.15, 0.2) is 5.69 Å². The minimum absolute atomic E-state index is 0.0562. The van der Waals surface area contributed by atoms with Crippen molar-refractivity contribution in [2.75, 3.05) is 0 Å². The van der Waals surface area contributed by atoms with E-state index in [1.165, 1.54) is 0 Å². The molecule has 2 aromatic heterocycles. The predicted octanol–water partition coefficient (Wildman–Crippen LogP) is 2.10. The van der Waals surface area contributed by atoms with Gasteiger partial charge >= 0.3 is 24.5 Å². The summed E-state index contributed by atoms with van der Waals surface area (Å²) in [6, 6.07) is 2.14. The van der Waals surface area contributed by atoms with Crippen LogP contribution < -0.4 is 4.74 Å². The molecule has 0 aromatic carbocycles. The van der Waals surface area contributed by atoms with Crippen molar-refractivity contribution < 1.29 is 50.9 Å². The third kappa shape index (κ3) is 6.25. The van der Waals surface area contributed by atoms with E-state index in [-0.39, 0.29) is 17.1 Å². The number of hydrogen-bond acceptors (Lipinski definition) is 6. The lowest BCUT2D eigenvalue weighted by molar-refractivity contribution is -0.274. The second-order valence-electron chi connectivity index (χ2n) is 4.06. The zero-order valence-corrected chi connectivity index (χ0v) is 12.0. The van der Waals surface area contributed by atoms with Crippen molar-refractivity contribution in [1.82, 2.24) is 20.4 Å². The van der Waals surface area contributed by atoms with Crippen molar-refractivity contribution in [1.29, 1.82) is 0 Å². The van der Waals surface area contributed by atoms with E-state index in [2.05, 4.69) is 25.1 Å². The van der Waals surface area contributed by atoms with Gasteiger partial charge in [-0.2, -0.15) is 23.5 Å². The number of carbonyl (C=O) groups is 2. The summed E-state index contributed by atoms with van der Waals surface area (Å²) in [4.78, 5) is 23.3. The number of aromatic amines is 1. The molecule has 0 fully saturated rings. The topological polar surface area (TPSA) is 138 Å². The van der Waals surface area contributed by atoms with Crippen LogP contribution in [0.4, 0.5) is 26.3 Å². The molecule has 0 saturated carbocycles. The number of carboxylic acids is 2. The van der Waals surface area contributed by atoms with Gasteiger partial charge in [-0.15, -0.1) is 18.3 Å². The maximum Gasteiger partial charge on any atom is 0.573 e. The molecular weight excluding hydrogens is 382 g/mol. The van der Waals surface area contributed by atoms with Gasteiger partial charge < -0.3 is 14.9 Å². The van der Waals surface area contributed by atoms with E-state index < -0.39 is 30.2 Å². The van der Waals surface area contributed by atoms with Gasteiger partial charge in [-0.25, -0.2) is 9.59 Å². The number of aromatic carboxylic acids is 1. The number of aliphatic carboxylic acids is 1. The molecule has 142 valence electrons. The summed E-state index contributed by atoms with van der Waals surface area (Å²) in [7, 11) is 0. The predicted molar refractivity (Wildman–Crippen MR) is 66.9 cm³/mol. The van der Waals surface area contributed by atoms with Crippen LogP contribution >= 0.6 is 0 Å². The smallest absolute Gasteiger partial charge is 0.476 e. The van der Waals surface area contributed by atoms with Gasteiger partial charge in [0.05, 0.1) is 11.9 Å². The summed E-state index contributed by atoms with van der Waals surface area (Å²) in [5, 5.41) is 25.0. The Kier molecular flexibility index (Phi) is 6.09. The Hall–Kier alpha value is -3.39. The Balaban J connectivity index is 0.000000412. The number of H-pyrrole nitrogens is 1. The SMILES string of the molecule is O=C(O)C(F)(F)F.O=C(O)c1n[nH]nc1-c1ccc(OC(F)(F)F)cn1. The molecule has 0 unspecified atom stereocenters. The minimum atomic E-state index is -5.08. The van der Waals surface area contributed by atoms with E-state index in [0.29, 0.717) is 0 Å². The molecular formula is C11H6F6N4O5. The maximum absolute atomic E-state index is 11.9. The molecule has 0 atom stereocenters. The zero-order chi connectivity index (χ0) is 20.1. The summed E-state index contributed by atoms with van der Waals surface area (Å²) in [5.41, 5.74) is -0.399. The Morgan fingerprint density at radius 3 is 2.00 bits per heavy atom. The zero-order valence-electron chi connectivity index (χ0n) is 12.0. The van der Waals surface area contributed by atoms with E-state index in [9.17, 15) is 31.1 Å². The Morgan fingerprint density at radius 2 is 1.62 bits per heavy atom. The van der Waals surface area contributed by atoms with Crippen LogP contribution in [0, 0.1) is 0 Å². The quantitative estimate of drug-likeness (QED) is 0.680. The lowest BCUT2D eigenvalue weighted by Crippen LogP contribution is -2.21. The van der Waals surface area contributed by atoms with Crippen LogP contribution in [-0.2, 0) is 4.79 Å². The number of nitrogens with one attached hydrogen (secondary N) is 1. The largest absolute Gasteiger partial charge is 0.573 e. The molecule has 0 aliphatic rings. The standard InChI is InChI=1S/C9H5F3N4O3.C2HF3O2/c10-9(11,12)19-4-1-2-5(13-3-4)6-7(8(17)18)15-16-14-6;3-2(4,5)1(6)7/h1-3H,(H,17,18)(H,14,15,16);(H,6,7). The first-order valence-electron chi connectivity index (χ1n) is 5.97. The van der Waals surface area contributed by atoms with E-state index in [0.717, 1.165) is 18.3 Å². The second kappa shape index (κ2) is 7.66. The van der Waals surface area contributed by atoms with Crippen LogP contribution in [0.25, 0.3) is 11.4 Å². The molecule has 2 rings (SSSR count). The van der Waals surface area contributed by atoms with Crippen molar-refractivity contribution in [3.63, 3.8) is 0 Å². The fraction of sp³-hybridized carbons (Fsp3) is 0.182. The monoisotopic (exact) mass is 388 g/mol. The highest BCUT2D eigenvalue weighted by atomic mass is 19.4. The lowest BCUT2D eigenvalue weighted by Gasteiger charge is -2.08. The average molecular weight is 388 g/mol. The summed E-state index contributed by atoms with van der Waals surface area (Å²) in [6.45, 7) is 0. The number of alkyl halides is 6. The average Bonchev–Trinajstić information content (AvgIpc) is 2.95. The number of halogens is 6. The van der Waals surface area contributed by atoms with Crippen LogP contribution in [0.2, 0.25) is 0 Å². The molecule has 15 heteroatoms. The highest BCUT2D eigenvalue weighted by molar-refractivity contribution is 5.91.